The van der Waals surface area contributed by atoms with Crippen LogP contribution >= 0.6 is 27.3 Å². The van der Waals surface area contributed by atoms with Gasteiger partial charge >= 0.3 is 0 Å². The fraction of sp³-hybridized carbons (Fsp3) is 0.118. The van der Waals surface area contributed by atoms with Gasteiger partial charge < -0.3 is 5.32 Å². The minimum atomic E-state index is -0.0750. The van der Waals surface area contributed by atoms with Crippen molar-refractivity contribution >= 4 is 33.2 Å². The van der Waals surface area contributed by atoms with Crippen LogP contribution in [0.4, 0.5) is 0 Å². The molecule has 0 atom stereocenters. The van der Waals surface area contributed by atoms with Crippen molar-refractivity contribution < 1.29 is 4.79 Å². The van der Waals surface area contributed by atoms with Gasteiger partial charge in [-0.25, -0.2) is 4.98 Å². The number of aromatic nitrogens is 2. The number of carbonyl (C=O) groups excluding carboxylic acids is 1. The third-order valence-electron chi connectivity index (χ3n) is 3.21. The summed E-state index contributed by atoms with van der Waals surface area (Å²) < 4.78 is 0.894. The molecular weight excluding hydrogens is 374 g/mol. The predicted octanol–water partition coefficient (Wildman–Crippen LogP) is 3.94. The molecule has 3 aromatic rings. The molecule has 0 radical (unpaired) electrons. The topological polar surface area (TPSA) is 54.9 Å². The molecular formula is C17H14BrN3OS. The van der Waals surface area contributed by atoms with E-state index in [1.165, 1.54) is 0 Å². The quantitative estimate of drug-likeness (QED) is 0.721. The molecule has 0 aliphatic heterocycles. The van der Waals surface area contributed by atoms with Gasteiger partial charge in [-0.1, -0.05) is 22.0 Å². The normalized spacial score (nSPS) is 10.5. The summed E-state index contributed by atoms with van der Waals surface area (Å²) in [5, 5.41) is 5.89. The van der Waals surface area contributed by atoms with Gasteiger partial charge in [0.05, 0.1) is 5.69 Å². The second-order valence-corrected chi connectivity index (χ2v) is 6.68. The number of amides is 1. The Bertz CT molecular complexity index is 804. The number of hydrogen-bond donors (Lipinski definition) is 1. The van der Waals surface area contributed by atoms with Crippen molar-refractivity contribution in [1.82, 2.24) is 15.3 Å². The van der Waals surface area contributed by atoms with Gasteiger partial charge in [-0.2, -0.15) is 0 Å². The Kier molecular flexibility index (Phi) is 5.15. The van der Waals surface area contributed by atoms with Crippen LogP contribution in [0.25, 0.3) is 10.6 Å². The highest BCUT2D eigenvalue weighted by Crippen LogP contribution is 2.22. The van der Waals surface area contributed by atoms with Gasteiger partial charge in [0.15, 0.2) is 0 Å². The molecule has 1 amide bonds. The molecule has 3 rings (SSSR count). The van der Waals surface area contributed by atoms with Crippen LogP contribution in [-0.2, 0) is 6.42 Å². The maximum absolute atomic E-state index is 12.1. The summed E-state index contributed by atoms with van der Waals surface area (Å²) in [6.45, 7) is 0.557. The van der Waals surface area contributed by atoms with E-state index in [4.69, 9.17) is 0 Å². The second kappa shape index (κ2) is 7.48. The largest absolute Gasteiger partial charge is 0.352 e. The van der Waals surface area contributed by atoms with Gasteiger partial charge in [0.1, 0.15) is 5.01 Å². The lowest BCUT2D eigenvalue weighted by molar-refractivity contribution is 0.0954. The Hall–Kier alpha value is -2.05. The molecule has 0 saturated carbocycles. The van der Waals surface area contributed by atoms with E-state index >= 15 is 0 Å². The molecule has 0 fully saturated rings. The number of rotatable bonds is 5. The predicted molar refractivity (Wildman–Crippen MR) is 95.5 cm³/mol. The highest BCUT2D eigenvalue weighted by Gasteiger charge is 2.07. The van der Waals surface area contributed by atoms with Crippen molar-refractivity contribution in [1.29, 1.82) is 0 Å². The van der Waals surface area contributed by atoms with Crippen LogP contribution < -0.4 is 5.32 Å². The standard InChI is InChI=1S/C17H14BrN3OS/c18-14-5-1-3-12(9-14)16(22)20-8-6-15-11-23-17(21-15)13-4-2-7-19-10-13/h1-5,7,9-11H,6,8H2,(H,20,22). The molecule has 116 valence electrons. The Morgan fingerprint density at radius 3 is 2.96 bits per heavy atom. The Morgan fingerprint density at radius 2 is 2.17 bits per heavy atom. The smallest absolute Gasteiger partial charge is 0.251 e. The average molecular weight is 388 g/mol. The first-order valence-electron chi connectivity index (χ1n) is 7.11. The number of nitrogens with one attached hydrogen (secondary N) is 1. The molecule has 0 bridgehead atoms. The van der Waals surface area contributed by atoms with E-state index in [9.17, 15) is 4.79 Å². The summed E-state index contributed by atoms with van der Waals surface area (Å²) in [7, 11) is 0. The van der Waals surface area contributed by atoms with Crippen LogP contribution in [0, 0.1) is 0 Å². The lowest BCUT2D eigenvalue weighted by atomic mass is 10.2. The minimum Gasteiger partial charge on any atom is -0.352 e. The Morgan fingerprint density at radius 1 is 1.26 bits per heavy atom. The van der Waals surface area contributed by atoms with Crippen molar-refractivity contribution in [2.24, 2.45) is 0 Å². The first kappa shape index (κ1) is 15.8. The zero-order valence-corrected chi connectivity index (χ0v) is 14.6. The molecule has 0 saturated heterocycles. The number of nitrogens with zero attached hydrogens (tertiary/aromatic N) is 2. The number of thiazole rings is 1. The molecule has 0 aliphatic carbocycles. The van der Waals surface area contributed by atoms with Gasteiger partial charge in [0, 0.05) is 46.3 Å². The van der Waals surface area contributed by atoms with Gasteiger partial charge in [0.2, 0.25) is 0 Å². The lowest BCUT2D eigenvalue weighted by Gasteiger charge is -2.04. The number of pyridine rings is 1. The van der Waals surface area contributed by atoms with Crippen molar-refractivity contribution in [2.45, 2.75) is 6.42 Å². The second-order valence-electron chi connectivity index (χ2n) is 4.90. The molecule has 1 aromatic carbocycles. The highest BCUT2D eigenvalue weighted by atomic mass is 79.9. The summed E-state index contributed by atoms with van der Waals surface area (Å²) in [6, 6.07) is 11.2. The summed E-state index contributed by atoms with van der Waals surface area (Å²) in [6.07, 6.45) is 4.25. The Labute approximate surface area is 146 Å². The third kappa shape index (κ3) is 4.24. The SMILES string of the molecule is O=C(NCCc1csc(-c2cccnc2)n1)c1cccc(Br)c1. The van der Waals surface area contributed by atoms with Crippen molar-refractivity contribution in [3.05, 3.63) is 69.9 Å². The van der Waals surface area contributed by atoms with E-state index in [1.807, 2.05) is 29.6 Å². The Balaban J connectivity index is 1.55. The van der Waals surface area contributed by atoms with Crippen LogP contribution in [0.2, 0.25) is 0 Å². The zero-order valence-electron chi connectivity index (χ0n) is 12.2. The van der Waals surface area contributed by atoms with Crippen molar-refractivity contribution in [3.63, 3.8) is 0 Å². The van der Waals surface area contributed by atoms with E-state index in [2.05, 4.69) is 31.2 Å². The van der Waals surface area contributed by atoms with Crippen molar-refractivity contribution in [2.75, 3.05) is 6.54 Å². The van der Waals surface area contributed by atoms with E-state index < -0.39 is 0 Å². The van der Waals surface area contributed by atoms with Crippen LogP contribution in [0.3, 0.4) is 0 Å². The number of carbonyl (C=O) groups is 1. The fourth-order valence-corrected chi connectivity index (χ4v) is 3.32. The van der Waals surface area contributed by atoms with Crippen LogP contribution in [-0.4, -0.2) is 22.4 Å². The molecule has 0 unspecified atom stereocenters. The molecule has 4 nitrogen and oxygen atoms in total. The van der Waals surface area contributed by atoms with E-state index in [-0.39, 0.29) is 5.91 Å². The summed E-state index contributed by atoms with van der Waals surface area (Å²) in [5.74, 6) is -0.0750. The monoisotopic (exact) mass is 387 g/mol. The summed E-state index contributed by atoms with van der Waals surface area (Å²) in [5.41, 5.74) is 2.64. The van der Waals surface area contributed by atoms with Crippen molar-refractivity contribution in [3.8, 4) is 10.6 Å². The average Bonchev–Trinajstić information content (AvgIpc) is 3.04. The third-order valence-corrected chi connectivity index (χ3v) is 4.65. The first-order chi connectivity index (χ1) is 11.2. The van der Waals surface area contributed by atoms with E-state index in [1.54, 1.807) is 35.9 Å². The highest BCUT2D eigenvalue weighted by molar-refractivity contribution is 9.10. The zero-order chi connectivity index (χ0) is 16.1. The molecule has 23 heavy (non-hydrogen) atoms. The van der Waals surface area contributed by atoms with E-state index in [0.717, 1.165) is 20.7 Å². The van der Waals surface area contributed by atoms with E-state index in [0.29, 0.717) is 18.5 Å². The number of benzene rings is 1. The minimum absolute atomic E-state index is 0.0750. The van der Waals surface area contributed by atoms with Crippen LogP contribution in [0.15, 0.2) is 58.6 Å². The van der Waals surface area contributed by atoms with Crippen LogP contribution in [0.5, 0.6) is 0 Å². The van der Waals surface area contributed by atoms with Gasteiger partial charge in [-0.3, -0.25) is 9.78 Å². The molecule has 0 aliphatic rings. The molecule has 0 spiro atoms. The van der Waals surface area contributed by atoms with Crippen LogP contribution in [0.1, 0.15) is 16.1 Å². The number of halogens is 1. The molecule has 2 heterocycles. The molecule has 1 N–H and O–H groups in total. The first-order valence-corrected chi connectivity index (χ1v) is 8.78. The van der Waals surface area contributed by atoms with Gasteiger partial charge in [0.25, 0.3) is 5.91 Å². The molecule has 6 heteroatoms. The summed E-state index contributed by atoms with van der Waals surface area (Å²) >= 11 is 4.96. The number of hydrogen-bond acceptors (Lipinski definition) is 4. The molecule has 2 aromatic heterocycles. The lowest BCUT2D eigenvalue weighted by Crippen LogP contribution is -2.25. The van der Waals surface area contributed by atoms with Gasteiger partial charge in [-0.15, -0.1) is 11.3 Å². The maximum Gasteiger partial charge on any atom is 0.251 e. The maximum atomic E-state index is 12.1. The van der Waals surface area contributed by atoms with Gasteiger partial charge in [-0.05, 0) is 30.3 Å². The fourth-order valence-electron chi connectivity index (χ4n) is 2.08. The summed E-state index contributed by atoms with van der Waals surface area (Å²) in [4.78, 5) is 20.7.